The number of rotatable bonds is 6. The smallest absolute Gasteiger partial charge is 0.304 e. The third-order valence-corrected chi connectivity index (χ3v) is 4.66. The predicted octanol–water partition coefficient (Wildman–Crippen LogP) is -0.640. The van der Waals surface area contributed by atoms with E-state index in [0.29, 0.717) is 26.3 Å². The maximum Gasteiger partial charge on any atom is 0.304 e. The lowest BCUT2D eigenvalue weighted by Crippen LogP contribution is -2.49. The molecule has 1 aliphatic rings. The van der Waals surface area contributed by atoms with Crippen molar-refractivity contribution in [3.8, 4) is 0 Å². The lowest BCUT2D eigenvalue weighted by molar-refractivity contribution is -0.137. The van der Waals surface area contributed by atoms with E-state index in [9.17, 15) is 13.2 Å². The van der Waals surface area contributed by atoms with Crippen molar-refractivity contribution in [2.75, 3.05) is 39.4 Å². The fourth-order valence-corrected chi connectivity index (χ4v) is 3.18. The highest BCUT2D eigenvalue weighted by molar-refractivity contribution is 7.86. The maximum absolute atomic E-state index is 12.1. The topological polar surface area (TPSA) is 87.2 Å². The van der Waals surface area contributed by atoms with E-state index >= 15 is 0 Å². The first-order chi connectivity index (χ1) is 7.98. The molecule has 8 heteroatoms. The summed E-state index contributed by atoms with van der Waals surface area (Å²) in [5, 5.41) is 8.58. The van der Waals surface area contributed by atoms with Crippen LogP contribution in [-0.4, -0.2) is 67.5 Å². The fourth-order valence-electron chi connectivity index (χ4n) is 1.60. The van der Waals surface area contributed by atoms with Crippen LogP contribution in [0.15, 0.2) is 0 Å². The molecule has 0 saturated carbocycles. The second-order valence-corrected chi connectivity index (χ2v) is 5.58. The normalized spacial score (nSPS) is 18.5. The van der Waals surface area contributed by atoms with Crippen LogP contribution in [0.2, 0.25) is 0 Å². The molecule has 0 unspecified atom stereocenters. The summed E-state index contributed by atoms with van der Waals surface area (Å²) in [4.78, 5) is 10.5. The van der Waals surface area contributed by atoms with Gasteiger partial charge in [0.1, 0.15) is 0 Å². The Bertz CT molecular complexity index is 350. The monoisotopic (exact) mass is 266 g/mol. The molecule has 0 aromatic carbocycles. The van der Waals surface area contributed by atoms with E-state index in [1.807, 2.05) is 0 Å². The standard InChI is InChI=1S/C9H18N2O5S/c1-2-10(4-3-9(12)13)17(14,15)11-5-7-16-8-6-11/h2-8H2,1H3,(H,12,13). The van der Waals surface area contributed by atoms with Crippen LogP contribution in [0.1, 0.15) is 13.3 Å². The van der Waals surface area contributed by atoms with E-state index in [4.69, 9.17) is 9.84 Å². The highest BCUT2D eigenvalue weighted by atomic mass is 32.2. The molecule has 0 aromatic rings. The zero-order valence-electron chi connectivity index (χ0n) is 9.83. The van der Waals surface area contributed by atoms with Crippen molar-refractivity contribution in [2.45, 2.75) is 13.3 Å². The van der Waals surface area contributed by atoms with E-state index in [1.165, 1.54) is 8.61 Å². The van der Waals surface area contributed by atoms with Crippen LogP contribution in [0.25, 0.3) is 0 Å². The fraction of sp³-hybridized carbons (Fsp3) is 0.889. The number of carboxylic acid groups (broad SMARTS) is 1. The summed E-state index contributed by atoms with van der Waals surface area (Å²) in [6.07, 6.45) is -0.183. The largest absolute Gasteiger partial charge is 0.481 e. The first-order valence-electron chi connectivity index (χ1n) is 5.53. The maximum atomic E-state index is 12.1. The van der Waals surface area contributed by atoms with Crippen LogP contribution in [0.4, 0.5) is 0 Å². The molecule has 0 radical (unpaired) electrons. The van der Waals surface area contributed by atoms with Gasteiger partial charge in [0.2, 0.25) is 0 Å². The number of hydrogen-bond acceptors (Lipinski definition) is 4. The molecule has 0 amide bonds. The van der Waals surface area contributed by atoms with Gasteiger partial charge in [0.25, 0.3) is 10.2 Å². The van der Waals surface area contributed by atoms with E-state index in [2.05, 4.69) is 0 Å². The number of carbonyl (C=O) groups is 1. The van der Waals surface area contributed by atoms with Gasteiger partial charge in [-0.05, 0) is 0 Å². The molecule has 1 rings (SSSR count). The Kier molecular flexibility index (Phi) is 5.31. The number of ether oxygens (including phenoxy) is 1. The highest BCUT2D eigenvalue weighted by Gasteiger charge is 2.29. The van der Waals surface area contributed by atoms with Gasteiger partial charge in [0.15, 0.2) is 0 Å². The molecule has 1 aliphatic heterocycles. The molecule has 0 bridgehead atoms. The summed E-state index contributed by atoms with van der Waals surface area (Å²) in [5.41, 5.74) is 0. The van der Waals surface area contributed by atoms with Gasteiger partial charge >= 0.3 is 5.97 Å². The van der Waals surface area contributed by atoms with Gasteiger partial charge in [-0.15, -0.1) is 0 Å². The quantitative estimate of drug-likeness (QED) is 0.691. The average Bonchev–Trinajstić information content (AvgIpc) is 2.30. The van der Waals surface area contributed by atoms with E-state index < -0.39 is 16.2 Å². The van der Waals surface area contributed by atoms with Crippen molar-refractivity contribution < 1.29 is 23.1 Å². The minimum atomic E-state index is -3.55. The van der Waals surface area contributed by atoms with E-state index in [1.54, 1.807) is 6.92 Å². The second-order valence-electron chi connectivity index (χ2n) is 3.65. The van der Waals surface area contributed by atoms with Gasteiger partial charge in [0, 0.05) is 26.2 Å². The van der Waals surface area contributed by atoms with Crippen molar-refractivity contribution >= 4 is 16.2 Å². The first-order valence-corrected chi connectivity index (χ1v) is 6.93. The Balaban J connectivity index is 2.67. The van der Waals surface area contributed by atoms with Gasteiger partial charge in [0.05, 0.1) is 19.6 Å². The average molecular weight is 266 g/mol. The lowest BCUT2D eigenvalue weighted by atomic mass is 10.4. The molecule has 1 heterocycles. The Morgan fingerprint density at radius 1 is 1.41 bits per heavy atom. The summed E-state index contributed by atoms with van der Waals surface area (Å²) >= 11 is 0. The molecule has 1 N–H and O–H groups in total. The molecule has 0 aromatic heterocycles. The van der Waals surface area contributed by atoms with Gasteiger partial charge in [-0.1, -0.05) is 6.92 Å². The zero-order chi connectivity index (χ0) is 12.9. The van der Waals surface area contributed by atoms with Gasteiger partial charge in [-0.25, -0.2) is 0 Å². The summed E-state index contributed by atoms with van der Waals surface area (Å²) in [7, 11) is -3.55. The predicted molar refractivity (Wildman–Crippen MR) is 60.8 cm³/mol. The third kappa shape index (κ3) is 3.91. The van der Waals surface area contributed by atoms with Crippen molar-refractivity contribution in [1.82, 2.24) is 8.61 Å². The second kappa shape index (κ2) is 6.29. The van der Waals surface area contributed by atoms with Crippen LogP contribution in [0.3, 0.4) is 0 Å². The zero-order valence-corrected chi connectivity index (χ0v) is 10.6. The van der Waals surface area contributed by atoms with Crippen LogP contribution >= 0.6 is 0 Å². The van der Waals surface area contributed by atoms with Crippen molar-refractivity contribution in [3.63, 3.8) is 0 Å². The lowest BCUT2D eigenvalue weighted by Gasteiger charge is -2.31. The number of nitrogens with zero attached hydrogens (tertiary/aromatic N) is 2. The molecular weight excluding hydrogens is 248 g/mol. The molecule has 7 nitrogen and oxygen atoms in total. The van der Waals surface area contributed by atoms with E-state index in [0.717, 1.165) is 0 Å². The molecule has 0 aliphatic carbocycles. The Hall–Kier alpha value is -0.700. The number of hydrogen-bond donors (Lipinski definition) is 1. The Labute approximate surface area is 101 Å². The summed E-state index contributed by atoms with van der Waals surface area (Å²) < 4.78 is 31.9. The molecular formula is C9H18N2O5S. The summed E-state index contributed by atoms with van der Waals surface area (Å²) in [6.45, 7) is 3.39. The number of aliphatic carboxylic acids is 1. The first kappa shape index (κ1) is 14.4. The molecule has 17 heavy (non-hydrogen) atoms. The van der Waals surface area contributed by atoms with E-state index in [-0.39, 0.29) is 19.5 Å². The number of morpholine rings is 1. The summed E-state index contributed by atoms with van der Waals surface area (Å²) in [6, 6.07) is 0. The Morgan fingerprint density at radius 3 is 2.47 bits per heavy atom. The van der Waals surface area contributed by atoms with Gasteiger partial charge < -0.3 is 9.84 Å². The van der Waals surface area contributed by atoms with Gasteiger partial charge in [-0.3, -0.25) is 4.79 Å². The minimum absolute atomic E-state index is 0.00548. The van der Waals surface area contributed by atoms with Crippen LogP contribution in [0, 0.1) is 0 Å². The molecule has 0 atom stereocenters. The SMILES string of the molecule is CCN(CCC(=O)O)S(=O)(=O)N1CCOCC1. The number of carboxylic acids is 1. The molecule has 0 spiro atoms. The van der Waals surface area contributed by atoms with Crippen molar-refractivity contribution in [2.24, 2.45) is 0 Å². The summed E-state index contributed by atoms with van der Waals surface area (Å²) in [5.74, 6) is -0.999. The minimum Gasteiger partial charge on any atom is -0.481 e. The molecule has 1 saturated heterocycles. The van der Waals surface area contributed by atoms with Crippen molar-refractivity contribution in [3.05, 3.63) is 0 Å². The van der Waals surface area contributed by atoms with Crippen LogP contribution in [-0.2, 0) is 19.7 Å². The van der Waals surface area contributed by atoms with Crippen LogP contribution < -0.4 is 0 Å². The highest BCUT2D eigenvalue weighted by Crippen LogP contribution is 2.11. The molecule has 100 valence electrons. The van der Waals surface area contributed by atoms with Crippen molar-refractivity contribution in [1.29, 1.82) is 0 Å². The third-order valence-electron chi connectivity index (χ3n) is 2.55. The Morgan fingerprint density at radius 2 is 2.00 bits per heavy atom. The van der Waals surface area contributed by atoms with Gasteiger partial charge in [-0.2, -0.15) is 17.0 Å². The molecule has 1 fully saturated rings. The van der Waals surface area contributed by atoms with Crippen LogP contribution in [0.5, 0.6) is 0 Å².